The highest BCUT2D eigenvalue weighted by Gasteiger charge is 2.13. The lowest BCUT2D eigenvalue weighted by atomic mass is 10.2. The lowest BCUT2D eigenvalue weighted by molar-refractivity contribution is -0.134. The van der Waals surface area contributed by atoms with Crippen molar-refractivity contribution in [3.63, 3.8) is 0 Å². The average Bonchev–Trinajstić information content (AvgIpc) is 2.65. The van der Waals surface area contributed by atoms with E-state index in [9.17, 15) is 4.79 Å². The van der Waals surface area contributed by atoms with Gasteiger partial charge in [0.1, 0.15) is 11.6 Å². The van der Waals surface area contributed by atoms with Crippen molar-refractivity contribution in [3.05, 3.63) is 47.7 Å². The van der Waals surface area contributed by atoms with Gasteiger partial charge in [0.05, 0.1) is 5.70 Å². The number of benzene rings is 1. The minimum absolute atomic E-state index is 0.270. The standard InChI is InChI=1S/C11H9NO2S/c13-10-6-9(7-14-10)12-11(15)8-4-2-1-3-5-8/h1-6H,7H2,(H,12,15). The van der Waals surface area contributed by atoms with Gasteiger partial charge in [-0.25, -0.2) is 4.79 Å². The molecule has 0 spiro atoms. The number of carbonyl (C=O) groups excluding carboxylic acids is 1. The van der Waals surface area contributed by atoms with Crippen LogP contribution in [0.4, 0.5) is 0 Å². The number of nitrogens with one attached hydrogen (secondary N) is 1. The Labute approximate surface area is 92.7 Å². The van der Waals surface area contributed by atoms with Crippen LogP contribution in [0.25, 0.3) is 0 Å². The van der Waals surface area contributed by atoms with E-state index in [0.717, 1.165) is 5.56 Å². The summed E-state index contributed by atoms with van der Waals surface area (Å²) >= 11 is 5.18. The van der Waals surface area contributed by atoms with Gasteiger partial charge < -0.3 is 10.1 Å². The first-order chi connectivity index (χ1) is 7.25. The van der Waals surface area contributed by atoms with Crippen LogP contribution in [0.3, 0.4) is 0 Å². The first kappa shape index (κ1) is 9.86. The first-order valence-electron chi connectivity index (χ1n) is 4.49. The molecule has 0 radical (unpaired) electrons. The Bertz CT molecular complexity index is 425. The number of cyclic esters (lactones) is 1. The Kier molecular flexibility index (Phi) is 2.78. The largest absolute Gasteiger partial charge is 0.456 e. The fraction of sp³-hybridized carbons (Fsp3) is 0.0909. The molecular weight excluding hydrogens is 210 g/mol. The summed E-state index contributed by atoms with van der Waals surface area (Å²) in [5.74, 6) is -0.326. The minimum atomic E-state index is -0.326. The van der Waals surface area contributed by atoms with Crippen LogP contribution in [-0.4, -0.2) is 17.6 Å². The van der Waals surface area contributed by atoms with Gasteiger partial charge in [-0.2, -0.15) is 0 Å². The molecule has 0 saturated carbocycles. The summed E-state index contributed by atoms with van der Waals surface area (Å²) in [6.07, 6.45) is 1.41. The van der Waals surface area contributed by atoms with E-state index < -0.39 is 0 Å². The van der Waals surface area contributed by atoms with E-state index in [1.165, 1.54) is 6.08 Å². The van der Waals surface area contributed by atoms with E-state index in [4.69, 9.17) is 17.0 Å². The highest BCUT2D eigenvalue weighted by molar-refractivity contribution is 7.80. The normalized spacial score (nSPS) is 14.4. The van der Waals surface area contributed by atoms with Crippen molar-refractivity contribution < 1.29 is 9.53 Å². The molecule has 0 atom stereocenters. The molecule has 0 aromatic heterocycles. The van der Waals surface area contributed by atoms with Crippen LogP contribution >= 0.6 is 12.2 Å². The molecule has 0 fully saturated rings. The summed E-state index contributed by atoms with van der Waals surface area (Å²) in [7, 11) is 0. The number of rotatable bonds is 2. The van der Waals surface area contributed by atoms with E-state index in [2.05, 4.69) is 5.32 Å². The number of hydrogen-bond donors (Lipinski definition) is 1. The molecule has 0 amide bonds. The third-order valence-electron chi connectivity index (χ3n) is 1.97. The highest BCUT2D eigenvalue weighted by Crippen LogP contribution is 2.05. The van der Waals surface area contributed by atoms with Crippen LogP contribution in [-0.2, 0) is 9.53 Å². The lowest BCUT2D eigenvalue weighted by Crippen LogP contribution is -2.22. The zero-order chi connectivity index (χ0) is 10.7. The molecule has 1 aliphatic rings. The Balaban J connectivity index is 2.05. The van der Waals surface area contributed by atoms with Gasteiger partial charge >= 0.3 is 5.97 Å². The van der Waals surface area contributed by atoms with Crippen LogP contribution in [0.15, 0.2) is 42.1 Å². The molecule has 4 heteroatoms. The number of ether oxygens (including phenoxy) is 1. The zero-order valence-corrected chi connectivity index (χ0v) is 8.71. The van der Waals surface area contributed by atoms with Crippen molar-refractivity contribution in [2.75, 3.05) is 6.61 Å². The number of hydrogen-bond acceptors (Lipinski definition) is 3. The monoisotopic (exact) mass is 219 g/mol. The van der Waals surface area contributed by atoms with Crippen LogP contribution in [0, 0.1) is 0 Å². The van der Waals surface area contributed by atoms with Crippen molar-refractivity contribution in [1.29, 1.82) is 0 Å². The Morgan fingerprint density at radius 2 is 2.07 bits per heavy atom. The van der Waals surface area contributed by atoms with Crippen molar-refractivity contribution in [2.45, 2.75) is 0 Å². The summed E-state index contributed by atoms with van der Waals surface area (Å²) in [5, 5.41) is 2.97. The topological polar surface area (TPSA) is 38.3 Å². The Morgan fingerprint density at radius 3 is 2.67 bits per heavy atom. The molecule has 76 valence electrons. The molecule has 0 unspecified atom stereocenters. The second kappa shape index (κ2) is 4.23. The van der Waals surface area contributed by atoms with E-state index in [1.807, 2.05) is 30.3 Å². The summed E-state index contributed by atoms with van der Waals surface area (Å²) < 4.78 is 4.75. The van der Waals surface area contributed by atoms with E-state index in [-0.39, 0.29) is 12.6 Å². The molecule has 1 heterocycles. The molecular formula is C11H9NO2S. The van der Waals surface area contributed by atoms with Gasteiger partial charge in [-0.05, 0) is 0 Å². The second-order valence-electron chi connectivity index (χ2n) is 3.10. The predicted octanol–water partition coefficient (Wildman–Crippen LogP) is 1.39. The van der Waals surface area contributed by atoms with Gasteiger partial charge in [0.2, 0.25) is 0 Å². The molecule has 0 aliphatic carbocycles. The maximum absolute atomic E-state index is 10.8. The zero-order valence-electron chi connectivity index (χ0n) is 7.90. The molecule has 1 aromatic rings. The summed E-state index contributed by atoms with van der Waals surface area (Å²) in [6.45, 7) is 0.270. The van der Waals surface area contributed by atoms with E-state index in [0.29, 0.717) is 10.7 Å². The number of carbonyl (C=O) groups is 1. The molecule has 1 aliphatic heterocycles. The van der Waals surface area contributed by atoms with E-state index in [1.54, 1.807) is 0 Å². The molecule has 0 saturated heterocycles. The van der Waals surface area contributed by atoms with Gasteiger partial charge in [-0.1, -0.05) is 42.5 Å². The van der Waals surface area contributed by atoms with Gasteiger partial charge in [0.25, 0.3) is 0 Å². The summed E-state index contributed by atoms with van der Waals surface area (Å²) in [6, 6.07) is 9.57. The highest BCUT2D eigenvalue weighted by atomic mass is 32.1. The van der Waals surface area contributed by atoms with Crippen LogP contribution in [0.5, 0.6) is 0 Å². The third kappa shape index (κ3) is 2.41. The smallest absolute Gasteiger partial charge is 0.333 e. The van der Waals surface area contributed by atoms with Crippen LogP contribution < -0.4 is 5.32 Å². The van der Waals surface area contributed by atoms with Crippen molar-refractivity contribution in [2.24, 2.45) is 0 Å². The number of esters is 1. The predicted molar refractivity (Wildman–Crippen MR) is 60.3 cm³/mol. The fourth-order valence-corrected chi connectivity index (χ4v) is 1.52. The Morgan fingerprint density at radius 1 is 1.33 bits per heavy atom. The molecule has 15 heavy (non-hydrogen) atoms. The molecule has 3 nitrogen and oxygen atoms in total. The number of thiocarbonyl (C=S) groups is 1. The van der Waals surface area contributed by atoms with E-state index >= 15 is 0 Å². The quantitative estimate of drug-likeness (QED) is 0.602. The summed E-state index contributed by atoms with van der Waals surface area (Å²) in [4.78, 5) is 11.4. The third-order valence-corrected chi connectivity index (χ3v) is 2.31. The SMILES string of the molecule is O=C1C=C(NC(=S)c2ccccc2)CO1. The lowest BCUT2D eigenvalue weighted by Gasteiger charge is -2.06. The van der Waals surface area contributed by atoms with Gasteiger partial charge in [-0.15, -0.1) is 0 Å². The van der Waals surface area contributed by atoms with Crippen LogP contribution in [0.1, 0.15) is 5.56 Å². The summed E-state index contributed by atoms with van der Waals surface area (Å²) in [5.41, 5.74) is 1.63. The second-order valence-corrected chi connectivity index (χ2v) is 3.51. The fourth-order valence-electron chi connectivity index (χ4n) is 1.25. The van der Waals surface area contributed by atoms with Crippen molar-refractivity contribution in [1.82, 2.24) is 5.32 Å². The molecule has 1 aromatic carbocycles. The minimum Gasteiger partial charge on any atom is -0.456 e. The maximum atomic E-state index is 10.8. The Hall–Kier alpha value is -1.68. The van der Waals surface area contributed by atoms with Gasteiger partial charge in [-0.3, -0.25) is 0 Å². The van der Waals surface area contributed by atoms with Crippen molar-refractivity contribution in [3.8, 4) is 0 Å². The van der Waals surface area contributed by atoms with Crippen LogP contribution in [0.2, 0.25) is 0 Å². The van der Waals surface area contributed by atoms with Crippen molar-refractivity contribution >= 4 is 23.2 Å². The molecule has 1 N–H and O–H groups in total. The van der Waals surface area contributed by atoms with Gasteiger partial charge in [0, 0.05) is 11.6 Å². The molecule has 0 bridgehead atoms. The van der Waals surface area contributed by atoms with Gasteiger partial charge in [0.15, 0.2) is 0 Å². The first-order valence-corrected chi connectivity index (χ1v) is 4.90. The average molecular weight is 219 g/mol. The molecule has 2 rings (SSSR count). The maximum Gasteiger partial charge on any atom is 0.333 e.